The molecule has 1 rings (SSSR count). The number of anilines is 1. The normalized spacial score (nSPS) is 11.8. The summed E-state index contributed by atoms with van der Waals surface area (Å²) in [6, 6.07) is 4.24. The van der Waals surface area contributed by atoms with Crippen molar-refractivity contribution < 1.29 is 21.7 Å². The first-order valence-corrected chi connectivity index (χ1v) is 8.95. The van der Waals surface area contributed by atoms with Crippen LogP contribution in [-0.4, -0.2) is 20.7 Å². The van der Waals surface area contributed by atoms with Crippen molar-refractivity contribution in [1.29, 1.82) is 0 Å². The summed E-state index contributed by atoms with van der Waals surface area (Å²) in [7, 11) is 4.11. The number of pyridine rings is 1. The van der Waals surface area contributed by atoms with Crippen molar-refractivity contribution in [1.82, 2.24) is 0 Å². The monoisotopic (exact) mass is 342 g/mol. The minimum absolute atomic E-state index is 0. The molecule has 0 aliphatic heterocycles. The fraction of sp³-hybridized carbons (Fsp3) is 0.737. The molecule has 1 aromatic rings. The molecule has 134 valence electrons. The first kappa shape index (κ1) is 22.2. The predicted octanol–water partition coefficient (Wildman–Crippen LogP) is 1.72. The van der Waals surface area contributed by atoms with Gasteiger partial charge < -0.3 is 22.0 Å². The van der Waals surface area contributed by atoms with Crippen LogP contribution in [0.2, 0.25) is 0 Å². The van der Waals surface area contributed by atoms with E-state index in [1.165, 1.54) is 57.1 Å². The highest BCUT2D eigenvalue weighted by Crippen LogP contribution is 2.10. The lowest BCUT2D eigenvalue weighted by atomic mass is 10.1. The van der Waals surface area contributed by atoms with Gasteiger partial charge in [-0.1, -0.05) is 51.9 Å². The Morgan fingerprint density at radius 2 is 1.48 bits per heavy atom. The molecule has 3 nitrogen and oxygen atoms in total. The lowest BCUT2D eigenvalue weighted by Gasteiger charge is -2.12. The van der Waals surface area contributed by atoms with E-state index in [1.807, 2.05) is 0 Å². The summed E-state index contributed by atoms with van der Waals surface area (Å²) in [5, 5.41) is 0. The van der Waals surface area contributed by atoms with Gasteiger partial charge in [0.25, 0.3) is 6.23 Å². The SMILES string of the molecule is CCCCCCCCCCOC(C)[n+]1ccc(N(C)C)cc1.[Cl-]. The Labute approximate surface area is 149 Å². The molecule has 1 aromatic heterocycles. The summed E-state index contributed by atoms with van der Waals surface area (Å²) >= 11 is 0. The van der Waals surface area contributed by atoms with Crippen molar-refractivity contribution >= 4 is 5.69 Å². The zero-order valence-corrected chi connectivity index (χ0v) is 16.2. The number of hydrogen-bond acceptors (Lipinski definition) is 2. The van der Waals surface area contributed by atoms with Crippen LogP contribution in [0.4, 0.5) is 5.69 Å². The Morgan fingerprint density at radius 1 is 0.957 bits per heavy atom. The molecule has 23 heavy (non-hydrogen) atoms. The third kappa shape index (κ3) is 9.83. The van der Waals surface area contributed by atoms with Crippen LogP contribution >= 0.6 is 0 Å². The van der Waals surface area contributed by atoms with Crippen LogP contribution in [0.1, 0.15) is 71.4 Å². The lowest BCUT2D eigenvalue weighted by Crippen LogP contribution is -3.00. The summed E-state index contributed by atoms with van der Waals surface area (Å²) in [6.45, 7) is 5.24. The van der Waals surface area contributed by atoms with Gasteiger partial charge in [0.15, 0.2) is 12.4 Å². The molecule has 4 heteroatoms. The van der Waals surface area contributed by atoms with E-state index in [4.69, 9.17) is 4.74 Å². The Balaban J connectivity index is 0.00000484. The molecule has 0 bridgehead atoms. The molecule has 0 radical (unpaired) electrons. The molecule has 0 aliphatic carbocycles. The van der Waals surface area contributed by atoms with E-state index in [0.29, 0.717) is 0 Å². The first-order valence-electron chi connectivity index (χ1n) is 8.95. The minimum atomic E-state index is 0. The molecule has 0 saturated heterocycles. The van der Waals surface area contributed by atoms with Crippen molar-refractivity contribution in [2.45, 2.75) is 71.4 Å². The Hall–Kier alpha value is -0.800. The van der Waals surface area contributed by atoms with Crippen molar-refractivity contribution in [2.24, 2.45) is 0 Å². The lowest BCUT2D eigenvalue weighted by molar-refractivity contribution is -0.758. The summed E-state index contributed by atoms with van der Waals surface area (Å²) in [5.41, 5.74) is 1.21. The highest BCUT2D eigenvalue weighted by Gasteiger charge is 2.12. The second-order valence-electron chi connectivity index (χ2n) is 6.34. The number of nitrogens with zero attached hydrogens (tertiary/aromatic N) is 2. The van der Waals surface area contributed by atoms with Crippen molar-refractivity contribution in [3.63, 3.8) is 0 Å². The van der Waals surface area contributed by atoms with Gasteiger partial charge in [-0.25, -0.2) is 0 Å². The summed E-state index contributed by atoms with van der Waals surface area (Å²) in [5.74, 6) is 0. The highest BCUT2D eigenvalue weighted by molar-refractivity contribution is 5.41. The molecular formula is C19H35ClN2O. The maximum atomic E-state index is 5.92. The second-order valence-corrected chi connectivity index (χ2v) is 6.34. The van der Waals surface area contributed by atoms with Gasteiger partial charge in [-0.15, -0.1) is 0 Å². The van der Waals surface area contributed by atoms with Crippen LogP contribution in [-0.2, 0) is 4.74 Å². The van der Waals surface area contributed by atoms with Gasteiger partial charge >= 0.3 is 0 Å². The van der Waals surface area contributed by atoms with Crippen LogP contribution in [0.25, 0.3) is 0 Å². The number of hydrogen-bond donors (Lipinski definition) is 0. The zero-order valence-electron chi connectivity index (χ0n) is 15.4. The Morgan fingerprint density at radius 3 is 2.00 bits per heavy atom. The molecule has 0 aromatic carbocycles. The molecule has 0 saturated carbocycles. The summed E-state index contributed by atoms with van der Waals surface area (Å²) in [4.78, 5) is 2.11. The third-order valence-corrected chi connectivity index (χ3v) is 4.13. The maximum absolute atomic E-state index is 5.92. The van der Waals surface area contributed by atoms with Crippen LogP contribution in [0.5, 0.6) is 0 Å². The van der Waals surface area contributed by atoms with Crippen molar-refractivity contribution in [3.8, 4) is 0 Å². The van der Waals surface area contributed by atoms with Crippen LogP contribution in [0.15, 0.2) is 24.5 Å². The van der Waals surface area contributed by atoms with E-state index in [9.17, 15) is 0 Å². The average molecular weight is 343 g/mol. The van der Waals surface area contributed by atoms with E-state index >= 15 is 0 Å². The molecule has 0 fully saturated rings. The van der Waals surface area contributed by atoms with Crippen LogP contribution in [0, 0.1) is 0 Å². The molecule has 1 unspecified atom stereocenters. The molecular weight excluding hydrogens is 308 g/mol. The Kier molecular flexibility index (Phi) is 13.1. The van der Waals surface area contributed by atoms with E-state index in [1.54, 1.807) is 0 Å². The van der Waals surface area contributed by atoms with Gasteiger partial charge in [0.2, 0.25) is 0 Å². The minimum Gasteiger partial charge on any atom is -1.00 e. The number of unbranched alkanes of at least 4 members (excludes halogenated alkanes) is 7. The molecule has 0 spiro atoms. The second kappa shape index (κ2) is 13.6. The van der Waals surface area contributed by atoms with Gasteiger partial charge in [0.05, 0.1) is 6.61 Å². The first-order chi connectivity index (χ1) is 10.6. The average Bonchev–Trinajstić information content (AvgIpc) is 2.53. The number of ether oxygens (including phenoxy) is 1. The molecule has 0 N–H and O–H groups in total. The van der Waals surface area contributed by atoms with E-state index in [0.717, 1.165) is 6.61 Å². The fourth-order valence-electron chi connectivity index (χ4n) is 2.55. The van der Waals surface area contributed by atoms with Crippen molar-refractivity contribution in [3.05, 3.63) is 24.5 Å². The van der Waals surface area contributed by atoms with E-state index in [2.05, 4.69) is 61.9 Å². The highest BCUT2D eigenvalue weighted by atomic mass is 35.5. The number of halogens is 1. The number of aromatic nitrogens is 1. The topological polar surface area (TPSA) is 16.4 Å². The van der Waals surface area contributed by atoms with E-state index in [-0.39, 0.29) is 18.6 Å². The molecule has 1 atom stereocenters. The van der Waals surface area contributed by atoms with Crippen LogP contribution < -0.4 is 21.9 Å². The standard InChI is InChI=1S/C19H35N2O.ClH/c1-5-6-7-8-9-10-11-12-17-22-18(2)21-15-13-19(14-16-21)20(3)4;/h13-16,18H,5-12,17H2,1-4H3;1H/q+1;/p-1. The smallest absolute Gasteiger partial charge is 0.259 e. The van der Waals surface area contributed by atoms with Gasteiger partial charge in [-0.2, -0.15) is 4.57 Å². The van der Waals surface area contributed by atoms with Gasteiger partial charge in [-0.05, 0) is 6.42 Å². The summed E-state index contributed by atoms with van der Waals surface area (Å²) in [6.07, 6.45) is 15.0. The molecule has 0 aliphatic rings. The Bertz CT molecular complexity index is 381. The summed E-state index contributed by atoms with van der Waals surface area (Å²) < 4.78 is 8.05. The third-order valence-electron chi connectivity index (χ3n) is 4.13. The molecule has 0 amide bonds. The predicted molar refractivity (Wildman–Crippen MR) is 94.2 cm³/mol. The zero-order chi connectivity index (χ0) is 16.2. The van der Waals surface area contributed by atoms with Gasteiger partial charge in [-0.3, -0.25) is 0 Å². The van der Waals surface area contributed by atoms with Crippen LogP contribution in [0.3, 0.4) is 0 Å². The largest absolute Gasteiger partial charge is 1.00 e. The van der Waals surface area contributed by atoms with Crippen molar-refractivity contribution in [2.75, 3.05) is 25.6 Å². The van der Waals surface area contributed by atoms with E-state index < -0.39 is 0 Å². The van der Waals surface area contributed by atoms with Gasteiger partial charge in [0, 0.05) is 38.8 Å². The quantitative estimate of drug-likeness (QED) is 0.425. The van der Waals surface area contributed by atoms with Gasteiger partial charge in [0.1, 0.15) is 0 Å². The maximum Gasteiger partial charge on any atom is 0.259 e. The fourth-order valence-corrected chi connectivity index (χ4v) is 2.55. The molecule has 1 heterocycles. The number of rotatable bonds is 12.